The Labute approximate surface area is 166 Å². The van der Waals surface area contributed by atoms with Gasteiger partial charge < -0.3 is 15.5 Å². The molecule has 7 nitrogen and oxygen atoms in total. The average molecular weight is 412 g/mol. The van der Waals surface area contributed by atoms with Gasteiger partial charge in [-0.05, 0) is 37.6 Å². The molecule has 2 N–H and O–H groups in total. The van der Waals surface area contributed by atoms with Crippen LogP contribution < -0.4 is 15.5 Å². The first kappa shape index (κ1) is 20.9. The van der Waals surface area contributed by atoms with Crippen LogP contribution in [0.15, 0.2) is 29.3 Å². The van der Waals surface area contributed by atoms with E-state index in [0.29, 0.717) is 18.9 Å². The van der Waals surface area contributed by atoms with Crippen molar-refractivity contribution in [2.75, 3.05) is 62.2 Å². The number of aliphatic imine (C=N–C) groups is 1. The zero-order valence-electron chi connectivity index (χ0n) is 16.4. The highest BCUT2D eigenvalue weighted by molar-refractivity contribution is 7.91. The predicted molar refractivity (Wildman–Crippen MR) is 111 cm³/mol. The van der Waals surface area contributed by atoms with Gasteiger partial charge in [0.25, 0.3) is 0 Å². The summed E-state index contributed by atoms with van der Waals surface area (Å²) >= 11 is 0. The molecule has 0 aliphatic carbocycles. The highest BCUT2D eigenvalue weighted by atomic mass is 32.2. The summed E-state index contributed by atoms with van der Waals surface area (Å²) in [5.41, 5.74) is 1.06. The van der Waals surface area contributed by atoms with Crippen LogP contribution in [0, 0.1) is 5.82 Å². The standard InChI is InChI=1S/C19H30FN5O2S/c1-2-21-19(23-17-7-14-28(26,27)15-17)22-8-9-24-10-12-25(13-11-24)18-5-3-16(20)4-6-18/h3-6,17H,2,7-15H2,1H3,(H2,21,22,23). The molecule has 0 aromatic heterocycles. The van der Waals surface area contributed by atoms with Crippen molar-refractivity contribution in [1.82, 2.24) is 15.5 Å². The maximum Gasteiger partial charge on any atom is 0.191 e. The van der Waals surface area contributed by atoms with Crippen molar-refractivity contribution in [2.45, 2.75) is 19.4 Å². The number of guanidine groups is 1. The summed E-state index contributed by atoms with van der Waals surface area (Å²) in [5, 5.41) is 6.44. The lowest BCUT2D eigenvalue weighted by Crippen LogP contribution is -2.47. The molecule has 1 unspecified atom stereocenters. The second-order valence-corrected chi connectivity index (χ2v) is 9.54. The van der Waals surface area contributed by atoms with Crippen LogP contribution in [0.2, 0.25) is 0 Å². The molecule has 2 aliphatic heterocycles. The van der Waals surface area contributed by atoms with E-state index in [9.17, 15) is 12.8 Å². The van der Waals surface area contributed by atoms with Gasteiger partial charge in [0.05, 0.1) is 18.1 Å². The van der Waals surface area contributed by atoms with Gasteiger partial charge in [-0.1, -0.05) is 0 Å². The second kappa shape index (κ2) is 9.56. The largest absolute Gasteiger partial charge is 0.369 e. The number of piperazine rings is 1. The van der Waals surface area contributed by atoms with Crippen molar-refractivity contribution < 1.29 is 12.8 Å². The smallest absolute Gasteiger partial charge is 0.191 e. The normalized spacial score (nSPS) is 23.0. The molecule has 3 rings (SSSR count). The predicted octanol–water partition coefficient (Wildman–Crippen LogP) is 0.690. The number of rotatable bonds is 6. The SMILES string of the molecule is CCNC(=NCCN1CCN(c2ccc(F)cc2)CC1)NC1CCS(=O)(=O)C1. The highest BCUT2D eigenvalue weighted by Crippen LogP contribution is 2.16. The fraction of sp³-hybridized carbons (Fsp3) is 0.632. The fourth-order valence-corrected chi connectivity index (χ4v) is 5.28. The van der Waals surface area contributed by atoms with Gasteiger partial charge in [0.15, 0.2) is 15.8 Å². The Hall–Kier alpha value is -1.87. The zero-order valence-corrected chi connectivity index (χ0v) is 17.2. The molecule has 0 amide bonds. The third-order valence-electron chi connectivity index (χ3n) is 5.17. The Morgan fingerprint density at radius 2 is 1.93 bits per heavy atom. The molecule has 2 fully saturated rings. The maximum absolute atomic E-state index is 13.1. The van der Waals surface area contributed by atoms with Gasteiger partial charge in [-0.25, -0.2) is 12.8 Å². The summed E-state index contributed by atoms with van der Waals surface area (Å²) in [5.74, 6) is 0.917. The van der Waals surface area contributed by atoms with E-state index >= 15 is 0 Å². The fourth-order valence-electron chi connectivity index (χ4n) is 3.61. The highest BCUT2D eigenvalue weighted by Gasteiger charge is 2.28. The lowest BCUT2D eigenvalue weighted by molar-refractivity contribution is 0.265. The van der Waals surface area contributed by atoms with Gasteiger partial charge in [-0.2, -0.15) is 0 Å². The molecule has 2 saturated heterocycles. The van der Waals surface area contributed by atoms with E-state index in [-0.39, 0.29) is 23.4 Å². The molecule has 1 aromatic rings. The molecule has 9 heteroatoms. The van der Waals surface area contributed by atoms with E-state index in [2.05, 4.69) is 25.4 Å². The van der Waals surface area contributed by atoms with E-state index in [1.165, 1.54) is 12.1 Å². The zero-order chi connectivity index (χ0) is 20.0. The number of halogens is 1. The van der Waals surface area contributed by atoms with Gasteiger partial charge in [-0.3, -0.25) is 9.89 Å². The Kier molecular flexibility index (Phi) is 7.12. The van der Waals surface area contributed by atoms with Crippen molar-refractivity contribution in [3.05, 3.63) is 30.1 Å². The van der Waals surface area contributed by atoms with Gasteiger partial charge in [-0.15, -0.1) is 0 Å². The van der Waals surface area contributed by atoms with Crippen LogP contribution in [0.4, 0.5) is 10.1 Å². The molecule has 0 radical (unpaired) electrons. The van der Waals surface area contributed by atoms with Crippen LogP contribution >= 0.6 is 0 Å². The van der Waals surface area contributed by atoms with Crippen molar-refractivity contribution in [3.8, 4) is 0 Å². The minimum absolute atomic E-state index is 0.0537. The summed E-state index contributed by atoms with van der Waals surface area (Å²) in [6.07, 6.45) is 0.637. The summed E-state index contributed by atoms with van der Waals surface area (Å²) in [6, 6.07) is 6.60. The van der Waals surface area contributed by atoms with Gasteiger partial charge in [0, 0.05) is 51.0 Å². The lowest BCUT2D eigenvalue weighted by atomic mass is 10.2. The first-order chi connectivity index (χ1) is 13.4. The van der Waals surface area contributed by atoms with Crippen molar-refractivity contribution in [1.29, 1.82) is 0 Å². The molecular formula is C19H30FN5O2S. The minimum atomic E-state index is -2.90. The molecule has 1 aromatic carbocycles. The minimum Gasteiger partial charge on any atom is -0.369 e. The molecule has 0 saturated carbocycles. The van der Waals surface area contributed by atoms with Crippen LogP contribution in [0.3, 0.4) is 0 Å². The summed E-state index contributed by atoms with van der Waals surface area (Å²) < 4.78 is 36.3. The summed E-state index contributed by atoms with van der Waals surface area (Å²) in [6.45, 7) is 7.96. The van der Waals surface area contributed by atoms with Crippen LogP contribution in [0.1, 0.15) is 13.3 Å². The Morgan fingerprint density at radius 3 is 2.54 bits per heavy atom. The molecule has 2 aliphatic rings. The number of hydrogen-bond acceptors (Lipinski definition) is 5. The van der Waals surface area contributed by atoms with Crippen molar-refractivity contribution in [2.24, 2.45) is 4.99 Å². The van der Waals surface area contributed by atoms with Gasteiger partial charge in [0.1, 0.15) is 5.82 Å². The van der Waals surface area contributed by atoms with E-state index in [1.54, 1.807) is 0 Å². The van der Waals surface area contributed by atoms with Crippen LogP contribution in [-0.2, 0) is 9.84 Å². The molecule has 2 heterocycles. The van der Waals surface area contributed by atoms with E-state index in [4.69, 9.17) is 0 Å². The third kappa shape index (κ3) is 6.07. The molecule has 28 heavy (non-hydrogen) atoms. The third-order valence-corrected chi connectivity index (χ3v) is 6.94. The summed E-state index contributed by atoms with van der Waals surface area (Å²) in [4.78, 5) is 9.25. The summed E-state index contributed by atoms with van der Waals surface area (Å²) in [7, 11) is -2.90. The van der Waals surface area contributed by atoms with E-state index in [1.807, 2.05) is 19.1 Å². The molecule has 1 atom stereocenters. The van der Waals surface area contributed by atoms with Crippen LogP contribution in [0.5, 0.6) is 0 Å². The van der Waals surface area contributed by atoms with E-state index < -0.39 is 9.84 Å². The maximum atomic E-state index is 13.1. The average Bonchev–Trinajstić information content (AvgIpc) is 3.01. The van der Waals surface area contributed by atoms with Crippen molar-refractivity contribution >= 4 is 21.5 Å². The molecule has 0 spiro atoms. The van der Waals surface area contributed by atoms with Gasteiger partial charge >= 0.3 is 0 Å². The second-order valence-electron chi connectivity index (χ2n) is 7.31. The topological polar surface area (TPSA) is 77.0 Å². The molecular weight excluding hydrogens is 381 g/mol. The number of sulfone groups is 1. The number of hydrogen-bond donors (Lipinski definition) is 2. The molecule has 0 bridgehead atoms. The van der Waals surface area contributed by atoms with E-state index in [0.717, 1.165) is 45.0 Å². The Balaban J connectivity index is 1.43. The quantitative estimate of drug-likeness (QED) is 0.530. The van der Waals surface area contributed by atoms with Gasteiger partial charge in [0.2, 0.25) is 0 Å². The first-order valence-electron chi connectivity index (χ1n) is 9.93. The van der Waals surface area contributed by atoms with Crippen LogP contribution in [-0.4, -0.2) is 82.6 Å². The number of anilines is 1. The van der Waals surface area contributed by atoms with Crippen LogP contribution in [0.25, 0.3) is 0 Å². The lowest BCUT2D eigenvalue weighted by Gasteiger charge is -2.35. The number of nitrogens with zero attached hydrogens (tertiary/aromatic N) is 3. The Bertz CT molecular complexity index is 761. The first-order valence-corrected chi connectivity index (χ1v) is 11.8. The Morgan fingerprint density at radius 1 is 1.21 bits per heavy atom. The number of benzene rings is 1. The molecule has 156 valence electrons. The monoisotopic (exact) mass is 411 g/mol. The van der Waals surface area contributed by atoms with Crippen molar-refractivity contribution in [3.63, 3.8) is 0 Å². The number of nitrogens with one attached hydrogen (secondary N) is 2.